The standard InChI is InChI=1S/C23H15FN4O4/c24-19-10-3-1-8-17(19)22-25-20-11-4-2-9-18(20)23(30)27(22)26-21(29)13-12-15-6-5-7-16(14-15)28(31)32/h1-14H,(H,26,29)/b13-12+. The third kappa shape index (κ3) is 4.12. The van der Waals surface area contributed by atoms with Gasteiger partial charge >= 0.3 is 0 Å². The largest absolute Gasteiger partial charge is 0.280 e. The molecule has 0 bridgehead atoms. The number of benzene rings is 3. The monoisotopic (exact) mass is 430 g/mol. The van der Waals surface area contributed by atoms with Crippen LogP contribution in [0.3, 0.4) is 0 Å². The first-order valence-corrected chi connectivity index (χ1v) is 9.44. The van der Waals surface area contributed by atoms with Gasteiger partial charge in [-0.1, -0.05) is 36.4 Å². The minimum atomic E-state index is -0.701. The van der Waals surface area contributed by atoms with Crippen molar-refractivity contribution in [3.8, 4) is 11.4 Å². The summed E-state index contributed by atoms with van der Waals surface area (Å²) >= 11 is 0. The molecule has 4 aromatic rings. The van der Waals surface area contributed by atoms with Crippen LogP contribution in [-0.4, -0.2) is 20.5 Å². The van der Waals surface area contributed by atoms with E-state index in [1.807, 2.05) is 0 Å². The molecule has 0 aliphatic heterocycles. The second kappa shape index (κ2) is 8.60. The van der Waals surface area contributed by atoms with Crippen LogP contribution >= 0.6 is 0 Å². The van der Waals surface area contributed by atoms with Gasteiger partial charge in [0.2, 0.25) is 0 Å². The second-order valence-corrected chi connectivity index (χ2v) is 6.73. The number of aromatic nitrogens is 2. The van der Waals surface area contributed by atoms with Crippen molar-refractivity contribution in [2.45, 2.75) is 0 Å². The summed E-state index contributed by atoms with van der Waals surface area (Å²) in [7, 11) is 0. The molecule has 8 nitrogen and oxygen atoms in total. The van der Waals surface area contributed by atoms with Crippen molar-refractivity contribution in [1.29, 1.82) is 0 Å². The molecule has 1 heterocycles. The summed E-state index contributed by atoms with van der Waals surface area (Å²) in [6, 6.07) is 18.0. The van der Waals surface area contributed by atoms with E-state index in [9.17, 15) is 24.1 Å². The number of non-ortho nitro benzene ring substituents is 1. The fraction of sp³-hybridized carbons (Fsp3) is 0. The van der Waals surface area contributed by atoms with E-state index in [0.29, 0.717) is 11.1 Å². The Morgan fingerprint density at radius 1 is 1.06 bits per heavy atom. The third-order valence-electron chi connectivity index (χ3n) is 4.62. The predicted octanol–water partition coefficient (Wildman–Crippen LogP) is 3.89. The molecule has 3 aromatic carbocycles. The van der Waals surface area contributed by atoms with Gasteiger partial charge in [0, 0.05) is 18.2 Å². The van der Waals surface area contributed by atoms with Gasteiger partial charge in [-0.15, -0.1) is 0 Å². The highest BCUT2D eigenvalue weighted by Crippen LogP contribution is 2.21. The number of rotatable bonds is 5. The molecule has 0 spiro atoms. The first-order valence-electron chi connectivity index (χ1n) is 9.44. The highest BCUT2D eigenvalue weighted by molar-refractivity contribution is 5.98. The summed E-state index contributed by atoms with van der Waals surface area (Å²) < 4.78 is 15.3. The molecule has 0 fully saturated rings. The summed E-state index contributed by atoms with van der Waals surface area (Å²) in [6.07, 6.45) is 2.48. The van der Waals surface area contributed by atoms with Crippen molar-refractivity contribution in [2.24, 2.45) is 0 Å². The van der Waals surface area contributed by atoms with Gasteiger partial charge < -0.3 is 0 Å². The average Bonchev–Trinajstić information content (AvgIpc) is 2.80. The van der Waals surface area contributed by atoms with Gasteiger partial charge in [-0.2, -0.15) is 4.68 Å². The van der Waals surface area contributed by atoms with Crippen LogP contribution in [0.2, 0.25) is 0 Å². The highest BCUT2D eigenvalue weighted by Gasteiger charge is 2.16. The molecule has 0 atom stereocenters. The van der Waals surface area contributed by atoms with Gasteiger partial charge in [0.15, 0.2) is 5.82 Å². The molecule has 4 rings (SSSR count). The fourth-order valence-electron chi connectivity index (χ4n) is 3.12. The molecule has 0 saturated carbocycles. The molecule has 0 saturated heterocycles. The molecule has 158 valence electrons. The number of nitrogens with zero attached hydrogens (tertiary/aromatic N) is 3. The summed E-state index contributed by atoms with van der Waals surface area (Å²) in [4.78, 5) is 40.3. The van der Waals surface area contributed by atoms with Crippen molar-refractivity contribution in [3.05, 3.63) is 111 Å². The van der Waals surface area contributed by atoms with Crippen molar-refractivity contribution in [3.63, 3.8) is 0 Å². The number of amides is 1. The van der Waals surface area contributed by atoms with Crippen molar-refractivity contribution in [1.82, 2.24) is 9.66 Å². The number of halogens is 1. The molecule has 32 heavy (non-hydrogen) atoms. The third-order valence-corrected chi connectivity index (χ3v) is 4.62. The number of hydrogen-bond donors (Lipinski definition) is 1. The van der Waals surface area contributed by atoms with Crippen LogP contribution in [-0.2, 0) is 4.79 Å². The number of fused-ring (bicyclic) bond motifs is 1. The molecule has 0 unspecified atom stereocenters. The first-order chi connectivity index (χ1) is 15.4. The molecule has 1 N–H and O–H groups in total. The lowest BCUT2D eigenvalue weighted by Gasteiger charge is -2.14. The van der Waals surface area contributed by atoms with Crippen LogP contribution in [0.5, 0.6) is 0 Å². The molecule has 0 radical (unpaired) electrons. The number of nitro groups is 1. The van der Waals surface area contributed by atoms with E-state index in [1.165, 1.54) is 42.5 Å². The van der Waals surface area contributed by atoms with E-state index in [2.05, 4.69) is 10.4 Å². The van der Waals surface area contributed by atoms with Crippen molar-refractivity contribution >= 4 is 28.6 Å². The zero-order valence-corrected chi connectivity index (χ0v) is 16.4. The molecule has 0 aliphatic rings. The van der Waals surface area contributed by atoms with Crippen LogP contribution in [0.25, 0.3) is 28.4 Å². The minimum Gasteiger partial charge on any atom is -0.268 e. The highest BCUT2D eigenvalue weighted by atomic mass is 19.1. The van der Waals surface area contributed by atoms with E-state index >= 15 is 0 Å². The Morgan fingerprint density at radius 3 is 2.59 bits per heavy atom. The van der Waals surface area contributed by atoms with Crippen LogP contribution < -0.4 is 11.0 Å². The molecule has 1 aromatic heterocycles. The second-order valence-electron chi connectivity index (χ2n) is 6.73. The van der Waals surface area contributed by atoms with E-state index < -0.39 is 22.2 Å². The van der Waals surface area contributed by atoms with E-state index in [-0.39, 0.29) is 22.5 Å². The number of carbonyl (C=O) groups excluding carboxylic acids is 1. The Balaban J connectivity index is 1.74. The molecule has 0 aliphatic carbocycles. The number of carbonyl (C=O) groups is 1. The predicted molar refractivity (Wildman–Crippen MR) is 118 cm³/mol. The SMILES string of the molecule is O=C(/C=C/c1cccc([N+](=O)[O-])c1)Nn1c(-c2ccccc2F)nc2ccccc2c1=O. The molecule has 1 amide bonds. The minimum absolute atomic E-state index is 0.0401. The Morgan fingerprint density at radius 2 is 1.81 bits per heavy atom. The summed E-state index contributed by atoms with van der Waals surface area (Å²) in [5.74, 6) is -1.37. The Kier molecular flexibility index (Phi) is 5.54. The average molecular weight is 430 g/mol. The van der Waals surface area contributed by atoms with Crippen molar-refractivity contribution in [2.75, 3.05) is 5.43 Å². The van der Waals surface area contributed by atoms with E-state index in [4.69, 9.17) is 0 Å². The summed E-state index contributed by atoms with van der Waals surface area (Å²) in [5.41, 5.74) is 2.54. The smallest absolute Gasteiger partial charge is 0.268 e. The lowest BCUT2D eigenvalue weighted by Crippen LogP contribution is -2.34. The van der Waals surface area contributed by atoms with E-state index in [0.717, 1.165) is 10.8 Å². The topological polar surface area (TPSA) is 107 Å². The molecular weight excluding hydrogens is 415 g/mol. The number of para-hydroxylation sites is 1. The summed E-state index contributed by atoms with van der Waals surface area (Å²) in [5, 5.41) is 11.1. The van der Waals surface area contributed by atoms with Gasteiger partial charge in [-0.25, -0.2) is 9.37 Å². The van der Waals surface area contributed by atoms with Gasteiger partial charge in [0.1, 0.15) is 5.82 Å². The normalized spacial score (nSPS) is 11.0. The van der Waals surface area contributed by atoms with Crippen LogP contribution in [0.15, 0.2) is 83.7 Å². The van der Waals surface area contributed by atoms with Crippen LogP contribution in [0.1, 0.15) is 5.56 Å². The van der Waals surface area contributed by atoms with E-state index in [1.54, 1.807) is 36.4 Å². The summed E-state index contributed by atoms with van der Waals surface area (Å²) in [6.45, 7) is 0. The zero-order valence-electron chi connectivity index (χ0n) is 16.4. The Hall–Kier alpha value is -4.66. The van der Waals surface area contributed by atoms with Crippen LogP contribution in [0.4, 0.5) is 10.1 Å². The fourth-order valence-corrected chi connectivity index (χ4v) is 3.12. The Bertz CT molecular complexity index is 1450. The van der Waals surface area contributed by atoms with Gasteiger partial charge in [-0.3, -0.25) is 25.1 Å². The maximum atomic E-state index is 14.5. The van der Waals surface area contributed by atoms with Gasteiger partial charge in [0.05, 0.1) is 21.4 Å². The lowest BCUT2D eigenvalue weighted by atomic mass is 10.1. The zero-order chi connectivity index (χ0) is 22.7. The van der Waals surface area contributed by atoms with Crippen molar-refractivity contribution < 1.29 is 14.1 Å². The first kappa shape index (κ1) is 20.6. The lowest BCUT2D eigenvalue weighted by molar-refractivity contribution is -0.384. The molecular formula is C23H15FN4O4. The molecule has 9 heteroatoms. The quantitative estimate of drug-likeness (QED) is 0.294. The maximum Gasteiger partial charge on any atom is 0.280 e. The maximum absolute atomic E-state index is 14.5. The number of hydrogen-bond acceptors (Lipinski definition) is 5. The van der Waals surface area contributed by atoms with Gasteiger partial charge in [0.25, 0.3) is 17.2 Å². The number of nitro benzene ring substituents is 1. The van der Waals surface area contributed by atoms with Gasteiger partial charge in [-0.05, 0) is 35.9 Å². The Labute approximate surface area is 180 Å². The van der Waals surface area contributed by atoms with Crippen LogP contribution in [0, 0.1) is 15.9 Å². The number of nitrogens with one attached hydrogen (secondary N) is 1.